The minimum Gasteiger partial charge on any atom is -0.370 e. The molecule has 0 unspecified atom stereocenters. The molecular formula is C13H17N5. The zero-order valence-corrected chi connectivity index (χ0v) is 10.4. The van der Waals surface area contributed by atoms with Crippen molar-refractivity contribution in [3.8, 4) is 0 Å². The predicted molar refractivity (Wildman–Crippen MR) is 72.4 cm³/mol. The van der Waals surface area contributed by atoms with Gasteiger partial charge < -0.3 is 10.6 Å². The number of nitrogens with one attached hydrogen (secondary N) is 2. The normalized spacial score (nSPS) is 10.1. The molecule has 2 N–H and O–H groups in total. The van der Waals surface area contributed by atoms with E-state index in [-0.39, 0.29) is 0 Å². The second-order valence-corrected chi connectivity index (χ2v) is 3.90. The highest BCUT2D eigenvalue weighted by Crippen LogP contribution is 2.09. The molecule has 0 radical (unpaired) electrons. The van der Waals surface area contributed by atoms with Gasteiger partial charge in [0.25, 0.3) is 0 Å². The van der Waals surface area contributed by atoms with Crippen molar-refractivity contribution in [2.24, 2.45) is 0 Å². The van der Waals surface area contributed by atoms with Gasteiger partial charge in [-0.3, -0.25) is 0 Å². The Kier molecular flexibility index (Phi) is 4.46. The Morgan fingerprint density at radius 1 is 1.06 bits per heavy atom. The maximum absolute atomic E-state index is 4.45. The fraction of sp³-hybridized carbons (Fsp3) is 0.308. The van der Waals surface area contributed by atoms with Gasteiger partial charge in [0.05, 0.1) is 12.2 Å². The Labute approximate surface area is 107 Å². The average Bonchev–Trinajstić information content (AvgIpc) is 2.44. The Balaban J connectivity index is 1.93. The summed E-state index contributed by atoms with van der Waals surface area (Å²) in [4.78, 5) is 4.45. The van der Waals surface area contributed by atoms with E-state index in [1.807, 2.05) is 30.3 Å². The van der Waals surface area contributed by atoms with Crippen LogP contribution in [0.15, 0.2) is 36.5 Å². The second-order valence-electron chi connectivity index (χ2n) is 3.90. The van der Waals surface area contributed by atoms with Crippen LogP contribution in [-0.4, -0.2) is 21.7 Å². The number of aromatic nitrogens is 3. The first-order chi connectivity index (χ1) is 8.88. The number of nitrogens with zero attached hydrogens (tertiary/aromatic N) is 3. The molecule has 94 valence electrons. The largest absolute Gasteiger partial charge is 0.370 e. The van der Waals surface area contributed by atoms with E-state index in [0.29, 0.717) is 6.54 Å². The molecule has 0 spiro atoms. The SMILES string of the molecule is CCCNc1cccc(NCc2cccnn2)n1. The van der Waals surface area contributed by atoms with E-state index in [9.17, 15) is 0 Å². The summed E-state index contributed by atoms with van der Waals surface area (Å²) in [7, 11) is 0. The summed E-state index contributed by atoms with van der Waals surface area (Å²) in [6.45, 7) is 3.68. The van der Waals surface area contributed by atoms with Crippen LogP contribution < -0.4 is 10.6 Å². The first-order valence-electron chi connectivity index (χ1n) is 6.10. The Morgan fingerprint density at radius 3 is 2.61 bits per heavy atom. The average molecular weight is 243 g/mol. The fourth-order valence-corrected chi connectivity index (χ4v) is 1.49. The summed E-state index contributed by atoms with van der Waals surface area (Å²) in [6.07, 6.45) is 2.75. The molecule has 0 amide bonds. The lowest BCUT2D eigenvalue weighted by Crippen LogP contribution is -2.06. The van der Waals surface area contributed by atoms with Gasteiger partial charge >= 0.3 is 0 Å². The molecule has 0 aromatic carbocycles. The lowest BCUT2D eigenvalue weighted by atomic mass is 10.3. The fourth-order valence-electron chi connectivity index (χ4n) is 1.49. The summed E-state index contributed by atoms with van der Waals surface area (Å²) in [5.41, 5.74) is 0.895. The van der Waals surface area contributed by atoms with Gasteiger partial charge in [0.2, 0.25) is 0 Å². The van der Waals surface area contributed by atoms with Crippen LogP contribution in [-0.2, 0) is 6.54 Å². The lowest BCUT2D eigenvalue weighted by Gasteiger charge is -2.08. The Hall–Kier alpha value is -2.17. The van der Waals surface area contributed by atoms with Crippen LogP contribution in [0, 0.1) is 0 Å². The first-order valence-corrected chi connectivity index (χ1v) is 6.10. The number of hydrogen-bond donors (Lipinski definition) is 2. The van der Waals surface area contributed by atoms with Crippen molar-refractivity contribution in [2.45, 2.75) is 19.9 Å². The molecule has 0 aliphatic rings. The van der Waals surface area contributed by atoms with E-state index < -0.39 is 0 Å². The Morgan fingerprint density at radius 2 is 1.89 bits per heavy atom. The van der Waals surface area contributed by atoms with Crippen molar-refractivity contribution < 1.29 is 0 Å². The molecule has 2 aromatic rings. The highest BCUT2D eigenvalue weighted by Gasteiger charge is 1.98. The zero-order chi connectivity index (χ0) is 12.6. The van der Waals surface area contributed by atoms with Crippen molar-refractivity contribution in [1.29, 1.82) is 0 Å². The van der Waals surface area contributed by atoms with Gasteiger partial charge in [-0.25, -0.2) is 4.98 Å². The highest BCUT2D eigenvalue weighted by atomic mass is 15.1. The van der Waals surface area contributed by atoms with E-state index in [2.05, 4.69) is 32.7 Å². The molecule has 0 saturated heterocycles. The summed E-state index contributed by atoms with van der Waals surface area (Å²) >= 11 is 0. The third-order valence-corrected chi connectivity index (χ3v) is 2.38. The van der Waals surface area contributed by atoms with Crippen molar-refractivity contribution in [3.63, 3.8) is 0 Å². The smallest absolute Gasteiger partial charge is 0.128 e. The van der Waals surface area contributed by atoms with Crippen molar-refractivity contribution in [3.05, 3.63) is 42.2 Å². The summed E-state index contributed by atoms with van der Waals surface area (Å²) in [5, 5.41) is 14.3. The van der Waals surface area contributed by atoms with Gasteiger partial charge in [-0.05, 0) is 30.7 Å². The van der Waals surface area contributed by atoms with Gasteiger partial charge in [0.1, 0.15) is 11.6 Å². The van der Waals surface area contributed by atoms with Crippen LogP contribution in [0.4, 0.5) is 11.6 Å². The molecule has 2 aromatic heterocycles. The second kappa shape index (κ2) is 6.54. The maximum atomic E-state index is 4.45. The zero-order valence-electron chi connectivity index (χ0n) is 10.4. The molecule has 0 atom stereocenters. The third kappa shape index (κ3) is 3.69. The van der Waals surface area contributed by atoms with Crippen LogP contribution >= 0.6 is 0 Å². The predicted octanol–water partition coefficient (Wildman–Crippen LogP) is 2.31. The maximum Gasteiger partial charge on any atom is 0.128 e. The Bertz CT molecular complexity index is 472. The van der Waals surface area contributed by atoms with Crippen molar-refractivity contribution >= 4 is 11.6 Å². The minimum atomic E-state index is 0.623. The highest BCUT2D eigenvalue weighted by molar-refractivity contribution is 5.45. The topological polar surface area (TPSA) is 62.7 Å². The lowest BCUT2D eigenvalue weighted by molar-refractivity contribution is 0.919. The number of pyridine rings is 1. The molecule has 18 heavy (non-hydrogen) atoms. The van der Waals surface area contributed by atoms with E-state index >= 15 is 0 Å². The molecule has 0 aliphatic heterocycles. The molecule has 0 bridgehead atoms. The van der Waals surface area contributed by atoms with E-state index in [1.54, 1.807) is 6.20 Å². The molecule has 2 heterocycles. The molecule has 0 aliphatic carbocycles. The monoisotopic (exact) mass is 243 g/mol. The summed E-state index contributed by atoms with van der Waals surface area (Å²) in [5.74, 6) is 1.72. The van der Waals surface area contributed by atoms with Gasteiger partial charge in [-0.2, -0.15) is 10.2 Å². The summed E-state index contributed by atoms with van der Waals surface area (Å²) in [6, 6.07) is 9.68. The van der Waals surface area contributed by atoms with Crippen molar-refractivity contribution in [1.82, 2.24) is 15.2 Å². The molecule has 5 nitrogen and oxygen atoms in total. The van der Waals surface area contributed by atoms with Crippen LogP contribution in [0.1, 0.15) is 19.0 Å². The molecule has 2 rings (SSSR count). The van der Waals surface area contributed by atoms with E-state index in [0.717, 1.165) is 30.3 Å². The quantitative estimate of drug-likeness (QED) is 0.815. The first kappa shape index (κ1) is 12.3. The van der Waals surface area contributed by atoms with Gasteiger partial charge in [-0.1, -0.05) is 13.0 Å². The standard InChI is InChI=1S/C13H17N5/c1-2-8-14-12-6-3-7-13(17-12)15-10-11-5-4-9-16-18-11/h3-7,9H,2,8,10H2,1H3,(H2,14,15,17). The number of hydrogen-bond acceptors (Lipinski definition) is 5. The number of rotatable bonds is 6. The molecular weight excluding hydrogens is 226 g/mol. The van der Waals surface area contributed by atoms with E-state index in [1.165, 1.54) is 0 Å². The van der Waals surface area contributed by atoms with Gasteiger partial charge in [0.15, 0.2) is 0 Å². The minimum absolute atomic E-state index is 0.623. The van der Waals surface area contributed by atoms with Gasteiger partial charge in [0, 0.05) is 12.7 Å². The van der Waals surface area contributed by atoms with Crippen LogP contribution in [0.2, 0.25) is 0 Å². The van der Waals surface area contributed by atoms with E-state index in [4.69, 9.17) is 0 Å². The molecule has 0 saturated carbocycles. The third-order valence-electron chi connectivity index (χ3n) is 2.38. The van der Waals surface area contributed by atoms with Crippen molar-refractivity contribution in [2.75, 3.05) is 17.2 Å². The van der Waals surface area contributed by atoms with Crippen LogP contribution in [0.5, 0.6) is 0 Å². The number of anilines is 2. The summed E-state index contributed by atoms with van der Waals surface area (Å²) < 4.78 is 0. The molecule has 0 fully saturated rings. The van der Waals surface area contributed by atoms with Gasteiger partial charge in [-0.15, -0.1) is 0 Å². The van der Waals surface area contributed by atoms with Crippen LogP contribution in [0.3, 0.4) is 0 Å². The van der Waals surface area contributed by atoms with Crippen LogP contribution in [0.25, 0.3) is 0 Å². The molecule has 5 heteroatoms.